The van der Waals surface area contributed by atoms with Gasteiger partial charge in [-0.05, 0) is 90.1 Å². The Labute approximate surface area is 177 Å². The highest BCUT2D eigenvalue weighted by Crippen LogP contribution is 2.22. The van der Waals surface area contributed by atoms with Crippen molar-refractivity contribution in [1.29, 1.82) is 0 Å². The standard InChI is InChI=1S/C18H18IN3O3S2/c19-14-5-3-4-13(12-14)17(23)21-18(26)20-15-6-8-16(9-7-15)27(24,25)22-10-1-2-11-22/h3-9,12H,1-2,10-11H2,(H2,20,21,23,26). The van der Waals surface area contributed by atoms with Gasteiger partial charge in [0.15, 0.2) is 5.11 Å². The summed E-state index contributed by atoms with van der Waals surface area (Å²) in [4.78, 5) is 12.5. The van der Waals surface area contributed by atoms with E-state index < -0.39 is 10.0 Å². The van der Waals surface area contributed by atoms with Crippen LogP contribution in [0.5, 0.6) is 0 Å². The molecular weight excluding hydrogens is 497 g/mol. The van der Waals surface area contributed by atoms with Crippen molar-refractivity contribution in [3.63, 3.8) is 0 Å². The van der Waals surface area contributed by atoms with Crippen LogP contribution in [0, 0.1) is 3.57 Å². The van der Waals surface area contributed by atoms with Gasteiger partial charge < -0.3 is 5.32 Å². The number of hydrogen-bond donors (Lipinski definition) is 2. The second-order valence-corrected chi connectivity index (χ2v) is 9.65. The fraction of sp³-hybridized carbons (Fsp3) is 0.222. The summed E-state index contributed by atoms with van der Waals surface area (Å²) >= 11 is 7.30. The second kappa shape index (κ2) is 8.63. The van der Waals surface area contributed by atoms with Gasteiger partial charge in [0.2, 0.25) is 10.0 Å². The number of nitrogens with zero attached hydrogens (tertiary/aromatic N) is 1. The Morgan fingerprint density at radius 3 is 2.37 bits per heavy atom. The minimum atomic E-state index is -3.44. The third-order valence-corrected chi connectivity index (χ3v) is 6.92. The van der Waals surface area contributed by atoms with Crippen molar-refractivity contribution in [1.82, 2.24) is 9.62 Å². The zero-order valence-corrected chi connectivity index (χ0v) is 18.1. The Morgan fingerprint density at radius 1 is 1.07 bits per heavy atom. The average Bonchev–Trinajstić information content (AvgIpc) is 3.17. The molecule has 0 bridgehead atoms. The molecule has 2 aromatic rings. The maximum absolute atomic E-state index is 12.5. The summed E-state index contributed by atoms with van der Waals surface area (Å²) in [6.07, 6.45) is 1.79. The molecule has 1 aliphatic heterocycles. The van der Waals surface area contributed by atoms with E-state index >= 15 is 0 Å². The zero-order valence-electron chi connectivity index (χ0n) is 14.3. The van der Waals surface area contributed by atoms with Gasteiger partial charge in [0.25, 0.3) is 5.91 Å². The molecule has 1 fully saturated rings. The number of anilines is 1. The van der Waals surface area contributed by atoms with Crippen molar-refractivity contribution in [3.05, 3.63) is 57.7 Å². The van der Waals surface area contributed by atoms with Gasteiger partial charge in [0.05, 0.1) is 4.90 Å². The van der Waals surface area contributed by atoms with Gasteiger partial charge in [-0.2, -0.15) is 4.31 Å². The van der Waals surface area contributed by atoms with Crippen LogP contribution in [-0.2, 0) is 10.0 Å². The number of nitrogens with one attached hydrogen (secondary N) is 2. The fourth-order valence-corrected chi connectivity index (χ4v) is 5.03. The Kier molecular flexibility index (Phi) is 6.45. The molecule has 27 heavy (non-hydrogen) atoms. The van der Waals surface area contributed by atoms with Crippen LogP contribution in [0.1, 0.15) is 23.2 Å². The normalized spacial score (nSPS) is 14.7. The summed E-state index contributed by atoms with van der Waals surface area (Å²) in [5.41, 5.74) is 1.11. The number of carbonyl (C=O) groups excluding carboxylic acids is 1. The molecule has 0 aromatic heterocycles. The molecule has 0 radical (unpaired) electrons. The van der Waals surface area contributed by atoms with Crippen LogP contribution in [0.25, 0.3) is 0 Å². The molecule has 0 atom stereocenters. The Balaban J connectivity index is 1.62. The number of thiocarbonyl (C=S) groups is 1. The molecule has 1 heterocycles. The van der Waals surface area contributed by atoms with Gasteiger partial charge in [0.1, 0.15) is 0 Å². The maximum Gasteiger partial charge on any atom is 0.257 e. The topological polar surface area (TPSA) is 78.5 Å². The van der Waals surface area contributed by atoms with E-state index in [1.807, 2.05) is 6.07 Å². The van der Waals surface area contributed by atoms with Gasteiger partial charge >= 0.3 is 0 Å². The molecule has 3 rings (SSSR count). The van der Waals surface area contributed by atoms with Crippen molar-refractivity contribution >= 4 is 61.5 Å². The van der Waals surface area contributed by atoms with Crippen LogP contribution in [0.4, 0.5) is 5.69 Å². The lowest BCUT2D eigenvalue weighted by atomic mass is 10.2. The van der Waals surface area contributed by atoms with E-state index in [0.717, 1.165) is 16.4 Å². The van der Waals surface area contributed by atoms with E-state index in [-0.39, 0.29) is 15.9 Å². The maximum atomic E-state index is 12.5. The Hall–Kier alpha value is -1.56. The van der Waals surface area contributed by atoms with Gasteiger partial charge in [-0.25, -0.2) is 8.42 Å². The first-order chi connectivity index (χ1) is 12.9. The first-order valence-electron chi connectivity index (χ1n) is 8.34. The van der Waals surface area contributed by atoms with E-state index in [2.05, 4.69) is 33.2 Å². The van der Waals surface area contributed by atoms with E-state index in [0.29, 0.717) is 24.3 Å². The predicted octanol–water partition coefficient (Wildman–Crippen LogP) is 3.20. The molecule has 2 N–H and O–H groups in total. The van der Waals surface area contributed by atoms with E-state index in [9.17, 15) is 13.2 Å². The Bertz CT molecular complexity index is 956. The average molecular weight is 515 g/mol. The van der Waals surface area contributed by atoms with Gasteiger partial charge in [-0.3, -0.25) is 10.1 Å². The minimum Gasteiger partial charge on any atom is -0.332 e. The van der Waals surface area contributed by atoms with Crippen molar-refractivity contribution in [2.24, 2.45) is 0 Å². The molecule has 0 spiro atoms. The van der Waals surface area contributed by atoms with Crippen LogP contribution >= 0.6 is 34.8 Å². The summed E-state index contributed by atoms with van der Waals surface area (Å²) in [7, 11) is -3.44. The molecule has 6 nitrogen and oxygen atoms in total. The summed E-state index contributed by atoms with van der Waals surface area (Å²) in [6, 6.07) is 13.5. The fourth-order valence-electron chi connectivity index (χ4n) is 2.76. The number of sulfonamides is 1. The highest BCUT2D eigenvalue weighted by molar-refractivity contribution is 14.1. The smallest absolute Gasteiger partial charge is 0.257 e. The SMILES string of the molecule is O=C(NC(=S)Nc1ccc(S(=O)(=O)N2CCCC2)cc1)c1cccc(I)c1. The van der Waals surface area contributed by atoms with Crippen molar-refractivity contribution in [3.8, 4) is 0 Å². The molecule has 1 amide bonds. The first-order valence-corrected chi connectivity index (χ1v) is 11.3. The quantitative estimate of drug-likeness (QED) is 0.483. The molecule has 1 aliphatic rings. The highest BCUT2D eigenvalue weighted by atomic mass is 127. The molecular formula is C18H18IN3O3S2. The molecule has 2 aromatic carbocycles. The van der Waals surface area contributed by atoms with E-state index in [4.69, 9.17) is 12.2 Å². The predicted molar refractivity (Wildman–Crippen MR) is 117 cm³/mol. The van der Waals surface area contributed by atoms with Crippen molar-refractivity contribution in [2.75, 3.05) is 18.4 Å². The molecule has 9 heteroatoms. The van der Waals surface area contributed by atoms with Crippen LogP contribution in [0.15, 0.2) is 53.4 Å². The summed E-state index contributed by atoms with van der Waals surface area (Å²) in [6.45, 7) is 1.13. The number of benzene rings is 2. The lowest BCUT2D eigenvalue weighted by Gasteiger charge is -2.16. The number of amides is 1. The van der Waals surface area contributed by atoms with Gasteiger partial charge in [-0.15, -0.1) is 0 Å². The zero-order chi connectivity index (χ0) is 19.4. The molecule has 1 saturated heterocycles. The Morgan fingerprint density at radius 2 is 1.74 bits per heavy atom. The molecule has 0 saturated carbocycles. The summed E-state index contributed by atoms with van der Waals surface area (Å²) < 4.78 is 27.5. The van der Waals surface area contributed by atoms with Crippen LogP contribution in [0.2, 0.25) is 0 Å². The monoisotopic (exact) mass is 515 g/mol. The van der Waals surface area contributed by atoms with E-state index in [1.165, 1.54) is 4.31 Å². The molecule has 0 aliphatic carbocycles. The second-order valence-electron chi connectivity index (χ2n) is 6.05. The lowest BCUT2D eigenvalue weighted by Crippen LogP contribution is -2.34. The first kappa shape index (κ1) is 20.2. The number of hydrogen-bond acceptors (Lipinski definition) is 4. The largest absolute Gasteiger partial charge is 0.332 e. The summed E-state index contributed by atoms with van der Waals surface area (Å²) in [5, 5.41) is 5.65. The number of carbonyl (C=O) groups is 1. The minimum absolute atomic E-state index is 0.147. The highest BCUT2D eigenvalue weighted by Gasteiger charge is 2.26. The van der Waals surface area contributed by atoms with Crippen molar-refractivity contribution < 1.29 is 13.2 Å². The number of rotatable bonds is 4. The van der Waals surface area contributed by atoms with Gasteiger partial charge in [0, 0.05) is 27.9 Å². The third-order valence-electron chi connectivity index (χ3n) is 4.13. The van der Waals surface area contributed by atoms with Crippen LogP contribution < -0.4 is 10.6 Å². The van der Waals surface area contributed by atoms with Crippen LogP contribution in [-0.4, -0.2) is 36.8 Å². The molecule has 0 unspecified atom stereocenters. The van der Waals surface area contributed by atoms with Crippen LogP contribution in [0.3, 0.4) is 0 Å². The molecule has 142 valence electrons. The van der Waals surface area contributed by atoms with Gasteiger partial charge in [-0.1, -0.05) is 6.07 Å². The van der Waals surface area contributed by atoms with E-state index in [1.54, 1.807) is 42.5 Å². The number of halogens is 1. The third kappa shape index (κ3) is 5.03. The summed E-state index contributed by atoms with van der Waals surface area (Å²) in [5.74, 6) is -0.306. The van der Waals surface area contributed by atoms with Crippen molar-refractivity contribution in [2.45, 2.75) is 17.7 Å². The lowest BCUT2D eigenvalue weighted by molar-refractivity contribution is 0.0977.